The predicted molar refractivity (Wildman–Crippen MR) is 61.9 cm³/mol. The Morgan fingerprint density at radius 3 is 2.82 bits per heavy atom. The van der Waals surface area contributed by atoms with Crippen LogP contribution >= 0.6 is 11.3 Å². The highest BCUT2D eigenvalue weighted by atomic mass is 32.2. The van der Waals surface area contributed by atoms with Gasteiger partial charge in [-0.3, -0.25) is 4.90 Å². The van der Waals surface area contributed by atoms with Crippen molar-refractivity contribution < 1.29 is 13.2 Å². The number of anilines is 1. The molecule has 2 atom stereocenters. The molecule has 1 aromatic heterocycles. The Morgan fingerprint density at radius 2 is 2.18 bits per heavy atom. The van der Waals surface area contributed by atoms with E-state index < -0.39 is 9.84 Å². The van der Waals surface area contributed by atoms with Gasteiger partial charge in [0.05, 0.1) is 23.6 Å². The van der Waals surface area contributed by atoms with Gasteiger partial charge in [0.25, 0.3) is 0 Å². The van der Waals surface area contributed by atoms with Crippen LogP contribution in [-0.2, 0) is 9.84 Å². The maximum Gasteiger partial charge on any atom is 0.324 e. The number of hydrogen-bond acceptors (Lipinski definition) is 6. The zero-order valence-corrected chi connectivity index (χ0v) is 10.6. The van der Waals surface area contributed by atoms with Gasteiger partial charge >= 0.3 is 6.03 Å². The molecule has 0 spiro atoms. The van der Waals surface area contributed by atoms with Crippen LogP contribution in [-0.4, -0.2) is 48.2 Å². The molecule has 1 aromatic rings. The molecule has 0 radical (unpaired) electrons. The molecule has 2 aliphatic heterocycles. The molecule has 3 heterocycles. The van der Waals surface area contributed by atoms with E-state index >= 15 is 0 Å². The number of rotatable bonds is 1. The zero-order chi connectivity index (χ0) is 12.2. The van der Waals surface area contributed by atoms with E-state index in [0.29, 0.717) is 5.13 Å². The molecule has 9 heteroatoms. The van der Waals surface area contributed by atoms with E-state index in [0.717, 1.165) is 5.01 Å². The Bertz CT molecular complexity index is 581. The van der Waals surface area contributed by atoms with Gasteiger partial charge in [-0.1, -0.05) is 11.3 Å². The molecule has 2 aliphatic rings. The van der Waals surface area contributed by atoms with Gasteiger partial charge in [-0.05, 0) is 6.92 Å². The summed E-state index contributed by atoms with van der Waals surface area (Å²) >= 11 is 1.29. The van der Waals surface area contributed by atoms with Crippen LogP contribution in [0.1, 0.15) is 5.01 Å². The van der Waals surface area contributed by atoms with Gasteiger partial charge in [0.1, 0.15) is 5.01 Å². The van der Waals surface area contributed by atoms with Gasteiger partial charge < -0.3 is 5.32 Å². The molecule has 0 aromatic carbocycles. The van der Waals surface area contributed by atoms with Crippen molar-refractivity contribution in [3.8, 4) is 0 Å². The van der Waals surface area contributed by atoms with Gasteiger partial charge in [0, 0.05) is 0 Å². The fraction of sp³-hybridized carbons (Fsp3) is 0.625. The highest BCUT2D eigenvalue weighted by Gasteiger charge is 2.50. The normalized spacial score (nSPS) is 30.4. The van der Waals surface area contributed by atoms with E-state index in [1.54, 1.807) is 6.92 Å². The van der Waals surface area contributed by atoms with Crippen molar-refractivity contribution in [2.75, 3.05) is 16.4 Å². The summed E-state index contributed by atoms with van der Waals surface area (Å²) in [6, 6.07) is -0.956. The quantitative estimate of drug-likeness (QED) is 0.700. The third kappa shape index (κ3) is 1.69. The lowest BCUT2D eigenvalue weighted by molar-refractivity contribution is 0.251. The van der Waals surface area contributed by atoms with Gasteiger partial charge in [-0.15, -0.1) is 10.2 Å². The minimum absolute atomic E-state index is 0.00493. The van der Waals surface area contributed by atoms with Crippen LogP contribution in [0, 0.1) is 6.92 Å². The molecule has 0 aliphatic carbocycles. The number of nitrogens with one attached hydrogen (secondary N) is 1. The van der Waals surface area contributed by atoms with Gasteiger partial charge in [0.2, 0.25) is 5.13 Å². The molecule has 1 N–H and O–H groups in total. The van der Waals surface area contributed by atoms with Crippen LogP contribution in [0.5, 0.6) is 0 Å². The lowest BCUT2D eigenvalue weighted by Crippen LogP contribution is -2.36. The summed E-state index contributed by atoms with van der Waals surface area (Å²) in [6.45, 7) is 1.79. The number of aryl methyl sites for hydroxylation is 1. The van der Waals surface area contributed by atoms with Crippen molar-refractivity contribution in [1.29, 1.82) is 0 Å². The second-order valence-electron chi connectivity index (χ2n) is 4.17. The number of aromatic nitrogens is 2. The molecule has 2 fully saturated rings. The van der Waals surface area contributed by atoms with Crippen molar-refractivity contribution in [2.24, 2.45) is 0 Å². The fourth-order valence-corrected chi connectivity index (χ4v) is 4.85. The first-order chi connectivity index (χ1) is 7.96. The van der Waals surface area contributed by atoms with Crippen LogP contribution in [0.4, 0.5) is 9.93 Å². The summed E-state index contributed by atoms with van der Waals surface area (Å²) in [7, 11) is -3.06. The topological polar surface area (TPSA) is 92.3 Å². The third-order valence-electron chi connectivity index (χ3n) is 2.90. The lowest BCUT2D eigenvalue weighted by Gasteiger charge is -2.16. The number of urea groups is 1. The maximum atomic E-state index is 11.8. The van der Waals surface area contributed by atoms with E-state index in [1.807, 2.05) is 0 Å². The molecule has 7 nitrogen and oxygen atoms in total. The van der Waals surface area contributed by atoms with Crippen LogP contribution in [0.3, 0.4) is 0 Å². The van der Waals surface area contributed by atoms with E-state index in [-0.39, 0.29) is 29.6 Å². The number of carbonyl (C=O) groups is 1. The monoisotopic (exact) mass is 274 g/mol. The molecule has 2 amide bonds. The standard InChI is InChI=1S/C8H10N4O3S2/c1-4-10-11-8(16-4)12-6-3-17(14,15)2-5(6)9-7(12)13/h5-6H,2-3H2,1H3,(H,9,13)/t5-,6-/m1/s1. The molecule has 17 heavy (non-hydrogen) atoms. The van der Waals surface area contributed by atoms with Crippen molar-refractivity contribution in [3.63, 3.8) is 0 Å². The minimum atomic E-state index is -3.06. The van der Waals surface area contributed by atoms with E-state index in [9.17, 15) is 13.2 Å². The Balaban J connectivity index is 1.97. The molecule has 0 saturated carbocycles. The van der Waals surface area contributed by atoms with E-state index in [4.69, 9.17) is 0 Å². The number of nitrogens with zero attached hydrogens (tertiary/aromatic N) is 3. The van der Waals surface area contributed by atoms with Crippen molar-refractivity contribution in [1.82, 2.24) is 15.5 Å². The molecule has 2 saturated heterocycles. The average Bonchev–Trinajstić information content (AvgIpc) is 2.78. The Labute approximate surface area is 102 Å². The highest BCUT2D eigenvalue weighted by molar-refractivity contribution is 7.91. The maximum absolute atomic E-state index is 11.8. The second-order valence-corrected chi connectivity index (χ2v) is 7.49. The Hall–Kier alpha value is -1.22. The van der Waals surface area contributed by atoms with Crippen molar-refractivity contribution >= 4 is 32.3 Å². The first kappa shape index (κ1) is 10.9. The Morgan fingerprint density at radius 1 is 1.41 bits per heavy atom. The first-order valence-corrected chi connectivity index (χ1v) is 7.70. The number of fused-ring (bicyclic) bond motifs is 1. The minimum Gasteiger partial charge on any atom is -0.332 e. The number of amides is 2. The number of carbonyl (C=O) groups excluding carboxylic acids is 1. The highest BCUT2D eigenvalue weighted by Crippen LogP contribution is 2.30. The fourth-order valence-electron chi connectivity index (χ4n) is 2.21. The molecular formula is C8H10N4O3S2. The summed E-state index contributed by atoms with van der Waals surface area (Å²) in [4.78, 5) is 13.2. The second kappa shape index (κ2) is 3.39. The van der Waals surface area contributed by atoms with E-state index in [1.165, 1.54) is 16.2 Å². The van der Waals surface area contributed by atoms with Crippen LogP contribution < -0.4 is 10.2 Å². The van der Waals surface area contributed by atoms with Crippen molar-refractivity contribution in [2.45, 2.75) is 19.0 Å². The molecular weight excluding hydrogens is 264 g/mol. The van der Waals surface area contributed by atoms with Crippen LogP contribution in [0.2, 0.25) is 0 Å². The summed E-state index contributed by atoms with van der Waals surface area (Å²) in [6.07, 6.45) is 0. The summed E-state index contributed by atoms with van der Waals surface area (Å²) < 4.78 is 23.0. The molecule has 3 rings (SSSR count). The lowest BCUT2D eigenvalue weighted by atomic mass is 10.2. The predicted octanol–water partition coefficient (Wildman–Crippen LogP) is -0.458. The first-order valence-electron chi connectivity index (χ1n) is 5.06. The Kier molecular flexibility index (Phi) is 2.17. The summed E-state index contributed by atoms with van der Waals surface area (Å²) in [5, 5.41) is 11.6. The van der Waals surface area contributed by atoms with Gasteiger partial charge in [-0.2, -0.15) is 0 Å². The number of sulfone groups is 1. The largest absolute Gasteiger partial charge is 0.332 e. The zero-order valence-electron chi connectivity index (χ0n) is 8.95. The molecule has 0 unspecified atom stereocenters. The average molecular weight is 274 g/mol. The smallest absolute Gasteiger partial charge is 0.324 e. The van der Waals surface area contributed by atoms with Gasteiger partial charge in [0.15, 0.2) is 9.84 Å². The van der Waals surface area contributed by atoms with Crippen molar-refractivity contribution in [3.05, 3.63) is 5.01 Å². The van der Waals surface area contributed by atoms with Crippen LogP contribution in [0.15, 0.2) is 0 Å². The third-order valence-corrected chi connectivity index (χ3v) is 5.46. The van der Waals surface area contributed by atoms with Crippen LogP contribution in [0.25, 0.3) is 0 Å². The number of hydrogen-bond donors (Lipinski definition) is 1. The molecule has 92 valence electrons. The van der Waals surface area contributed by atoms with Gasteiger partial charge in [-0.25, -0.2) is 13.2 Å². The van der Waals surface area contributed by atoms with E-state index in [2.05, 4.69) is 15.5 Å². The summed E-state index contributed by atoms with van der Waals surface area (Å²) in [5.74, 6) is 0.00667. The molecule has 0 bridgehead atoms. The summed E-state index contributed by atoms with van der Waals surface area (Å²) in [5.41, 5.74) is 0. The SMILES string of the molecule is Cc1nnc(N2C(=O)N[C@@H]3CS(=O)(=O)C[C@H]32)s1.